The molecule has 2 unspecified atom stereocenters. The van der Waals surface area contributed by atoms with Crippen LogP contribution in [0.1, 0.15) is 32.6 Å². The van der Waals surface area contributed by atoms with Crippen LogP contribution >= 0.6 is 0 Å². The van der Waals surface area contributed by atoms with Crippen molar-refractivity contribution < 1.29 is 22.0 Å². The van der Waals surface area contributed by atoms with Gasteiger partial charge in [-0.05, 0) is 44.4 Å². The lowest BCUT2D eigenvalue weighted by atomic mass is 9.85. The Labute approximate surface area is 146 Å². The standard InChI is InChI=1S/C16H23F2N3O3S/c1-2-20-13-7-6-12(25(23,24)16(17)18)9-14(13)21-15(22)10-4-3-5-11(19)8-10/h6-7,9-11,16,20H,2-5,8,19H2,1H3,(H,21,22). The quantitative estimate of drug-likeness (QED) is 0.709. The van der Waals surface area contributed by atoms with E-state index in [1.807, 2.05) is 6.92 Å². The van der Waals surface area contributed by atoms with Gasteiger partial charge in [-0.2, -0.15) is 8.78 Å². The summed E-state index contributed by atoms with van der Waals surface area (Å²) in [5.41, 5.74) is 6.54. The lowest BCUT2D eigenvalue weighted by molar-refractivity contribution is -0.120. The molecule has 0 bridgehead atoms. The third kappa shape index (κ3) is 4.66. The van der Waals surface area contributed by atoms with Crippen LogP contribution in [0.4, 0.5) is 20.2 Å². The number of carbonyl (C=O) groups is 1. The average molecular weight is 375 g/mol. The first-order valence-corrected chi connectivity index (χ1v) is 9.76. The maximum absolute atomic E-state index is 12.8. The minimum Gasteiger partial charge on any atom is -0.384 e. The number of nitrogens with two attached hydrogens (primary N) is 1. The molecule has 0 saturated heterocycles. The third-order valence-electron chi connectivity index (χ3n) is 4.26. The Hall–Kier alpha value is -1.74. The molecule has 0 aliphatic heterocycles. The number of carbonyl (C=O) groups excluding carboxylic acids is 1. The first-order chi connectivity index (χ1) is 11.8. The summed E-state index contributed by atoms with van der Waals surface area (Å²) in [5, 5.41) is 5.65. The number of nitrogens with one attached hydrogen (secondary N) is 2. The van der Waals surface area contributed by atoms with Gasteiger partial charge < -0.3 is 16.4 Å². The van der Waals surface area contributed by atoms with Gasteiger partial charge in [0.2, 0.25) is 15.7 Å². The topological polar surface area (TPSA) is 101 Å². The van der Waals surface area contributed by atoms with E-state index in [1.54, 1.807) is 0 Å². The highest BCUT2D eigenvalue weighted by Gasteiger charge is 2.29. The summed E-state index contributed by atoms with van der Waals surface area (Å²) in [6.45, 7) is 2.35. The van der Waals surface area contributed by atoms with Crippen LogP contribution in [0.15, 0.2) is 23.1 Å². The first-order valence-electron chi connectivity index (χ1n) is 8.22. The second kappa shape index (κ2) is 8.09. The van der Waals surface area contributed by atoms with Crippen LogP contribution in [0.2, 0.25) is 0 Å². The van der Waals surface area contributed by atoms with Crippen LogP contribution in [0.5, 0.6) is 0 Å². The molecule has 1 fully saturated rings. The van der Waals surface area contributed by atoms with Crippen molar-refractivity contribution in [2.45, 2.75) is 49.3 Å². The summed E-state index contributed by atoms with van der Waals surface area (Å²) in [6, 6.07) is 3.51. The van der Waals surface area contributed by atoms with Crippen LogP contribution in [0.3, 0.4) is 0 Å². The Balaban J connectivity index is 2.28. The van der Waals surface area contributed by atoms with Crippen LogP contribution < -0.4 is 16.4 Å². The van der Waals surface area contributed by atoms with E-state index < -0.39 is 20.5 Å². The molecule has 140 valence electrons. The van der Waals surface area contributed by atoms with Crippen LogP contribution in [-0.4, -0.2) is 32.7 Å². The zero-order chi connectivity index (χ0) is 18.6. The van der Waals surface area contributed by atoms with Crippen molar-refractivity contribution in [1.82, 2.24) is 0 Å². The average Bonchev–Trinajstić information content (AvgIpc) is 2.56. The number of amides is 1. The number of rotatable bonds is 6. The molecule has 2 rings (SSSR count). The molecule has 1 aromatic rings. The van der Waals surface area contributed by atoms with Crippen LogP contribution in [0.25, 0.3) is 0 Å². The van der Waals surface area contributed by atoms with E-state index in [0.717, 1.165) is 25.0 Å². The highest BCUT2D eigenvalue weighted by atomic mass is 32.2. The van der Waals surface area contributed by atoms with Crippen molar-refractivity contribution in [3.8, 4) is 0 Å². The fourth-order valence-corrected chi connectivity index (χ4v) is 3.70. The van der Waals surface area contributed by atoms with E-state index in [2.05, 4.69) is 10.6 Å². The Morgan fingerprint density at radius 2 is 2.04 bits per heavy atom. The molecular formula is C16H23F2N3O3S. The van der Waals surface area contributed by atoms with Gasteiger partial charge in [-0.1, -0.05) is 6.42 Å². The molecular weight excluding hydrogens is 352 g/mol. The number of halogens is 2. The number of sulfone groups is 1. The summed E-state index contributed by atoms with van der Waals surface area (Å²) in [5.74, 6) is -4.06. The lowest BCUT2D eigenvalue weighted by Gasteiger charge is -2.26. The molecule has 1 aliphatic carbocycles. The van der Waals surface area contributed by atoms with Crippen LogP contribution in [0, 0.1) is 5.92 Å². The molecule has 4 N–H and O–H groups in total. The van der Waals surface area contributed by atoms with Gasteiger partial charge in [0.15, 0.2) is 0 Å². The fourth-order valence-electron chi connectivity index (χ4n) is 2.95. The first kappa shape index (κ1) is 19.6. The second-order valence-electron chi connectivity index (χ2n) is 6.16. The number of benzene rings is 1. The lowest BCUT2D eigenvalue weighted by Crippen LogP contribution is -2.34. The smallest absolute Gasteiger partial charge is 0.341 e. The van der Waals surface area contributed by atoms with Gasteiger partial charge in [0.25, 0.3) is 0 Å². The summed E-state index contributed by atoms with van der Waals surface area (Å²) in [6.07, 6.45) is 2.97. The molecule has 0 spiro atoms. The van der Waals surface area contributed by atoms with E-state index >= 15 is 0 Å². The summed E-state index contributed by atoms with van der Waals surface area (Å²) < 4.78 is 48.9. The molecule has 0 aromatic heterocycles. The molecule has 0 heterocycles. The van der Waals surface area contributed by atoms with Gasteiger partial charge in [-0.3, -0.25) is 4.79 Å². The molecule has 1 aliphatic rings. The fraction of sp³-hybridized carbons (Fsp3) is 0.562. The predicted molar refractivity (Wildman–Crippen MR) is 92.4 cm³/mol. The molecule has 2 atom stereocenters. The molecule has 25 heavy (non-hydrogen) atoms. The van der Waals surface area contributed by atoms with Crippen molar-refractivity contribution >= 4 is 27.1 Å². The minimum absolute atomic E-state index is 0.0386. The maximum atomic E-state index is 12.8. The van der Waals surface area contributed by atoms with Crippen molar-refractivity contribution in [2.75, 3.05) is 17.2 Å². The van der Waals surface area contributed by atoms with E-state index in [-0.39, 0.29) is 23.6 Å². The zero-order valence-corrected chi connectivity index (χ0v) is 14.8. The van der Waals surface area contributed by atoms with E-state index in [4.69, 9.17) is 5.73 Å². The number of hydrogen-bond donors (Lipinski definition) is 3. The van der Waals surface area contributed by atoms with Gasteiger partial charge in [-0.15, -0.1) is 0 Å². The zero-order valence-electron chi connectivity index (χ0n) is 14.0. The Morgan fingerprint density at radius 3 is 2.64 bits per heavy atom. The normalized spacial score (nSPS) is 21.2. The monoisotopic (exact) mass is 375 g/mol. The number of anilines is 2. The SMILES string of the molecule is CCNc1ccc(S(=O)(=O)C(F)F)cc1NC(=O)C1CCCC(N)C1. The van der Waals surface area contributed by atoms with E-state index in [1.165, 1.54) is 6.07 Å². The van der Waals surface area contributed by atoms with Gasteiger partial charge in [0.1, 0.15) is 0 Å². The Bertz CT molecular complexity index is 725. The van der Waals surface area contributed by atoms with Crippen molar-refractivity contribution in [1.29, 1.82) is 0 Å². The Morgan fingerprint density at radius 1 is 1.32 bits per heavy atom. The largest absolute Gasteiger partial charge is 0.384 e. The molecule has 1 saturated carbocycles. The highest BCUT2D eigenvalue weighted by molar-refractivity contribution is 7.91. The van der Waals surface area contributed by atoms with Crippen LogP contribution in [-0.2, 0) is 14.6 Å². The molecule has 1 amide bonds. The molecule has 6 nitrogen and oxygen atoms in total. The van der Waals surface area contributed by atoms with Crippen molar-refractivity contribution in [3.63, 3.8) is 0 Å². The maximum Gasteiger partial charge on any atom is 0.341 e. The second-order valence-corrected chi connectivity index (χ2v) is 8.07. The van der Waals surface area contributed by atoms with Crippen molar-refractivity contribution in [3.05, 3.63) is 18.2 Å². The molecule has 1 aromatic carbocycles. The summed E-state index contributed by atoms with van der Waals surface area (Å²) in [4.78, 5) is 11.9. The third-order valence-corrected chi connectivity index (χ3v) is 5.64. The van der Waals surface area contributed by atoms with Crippen molar-refractivity contribution in [2.24, 2.45) is 11.7 Å². The predicted octanol–water partition coefficient (Wildman–Crippen LogP) is 2.57. The van der Waals surface area contributed by atoms with Gasteiger partial charge in [0.05, 0.1) is 16.3 Å². The number of hydrogen-bond acceptors (Lipinski definition) is 5. The Kier molecular flexibility index (Phi) is 6.34. The van der Waals surface area contributed by atoms with Gasteiger partial charge >= 0.3 is 5.76 Å². The van der Waals surface area contributed by atoms with Gasteiger partial charge in [0, 0.05) is 18.5 Å². The van der Waals surface area contributed by atoms with E-state index in [9.17, 15) is 22.0 Å². The molecule has 0 radical (unpaired) electrons. The number of alkyl halides is 2. The summed E-state index contributed by atoms with van der Waals surface area (Å²) >= 11 is 0. The minimum atomic E-state index is -4.73. The molecule has 9 heteroatoms. The van der Waals surface area contributed by atoms with Gasteiger partial charge in [-0.25, -0.2) is 8.42 Å². The van der Waals surface area contributed by atoms with E-state index in [0.29, 0.717) is 25.1 Å². The highest BCUT2D eigenvalue weighted by Crippen LogP contribution is 2.30. The summed E-state index contributed by atoms with van der Waals surface area (Å²) in [7, 11) is -4.73.